The van der Waals surface area contributed by atoms with Crippen molar-refractivity contribution < 1.29 is 9.53 Å². The predicted octanol–water partition coefficient (Wildman–Crippen LogP) is 1.56. The number of carbonyl (C=O) groups excluding carboxylic acids is 1. The number of hydrogen-bond donors (Lipinski definition) is 2. The maximum absolute atomic E-state index is 12.4. The number of amides is 1. The molecule has 3 rings (SSSR count). The Bertz CT molecular complexity index is 722. The number of rotatable bonds is 4. The largest absolute Gasteiger partial charge is 0.397 e. The molecule has 0 unspecified atom stereocenters. The minimum absolute atomic E-state index is 0.115. The molecule has 1 aliphatic heterocycles. The minimum atomic E-state index is -0.115. The SMILES string of the molecule is Cc1cc(C)c2c(N)c(C(=O)NCCN3CCOCC3)sc2n1. The molecule has 0 aromatic carbocycles. The first-order valence-electron chi connectivity index (χ1n) is 7.81. The lowest BCUT2D eigenvalue weighted by Crippen LogP contribution is -2.41. The Morgan fingerprint density at radius 2 is 2.17 bits per heavy atom. The third kappa shape index (κ3) is 3.46. The highest BCUT2D eigenvalue weighted by Crippen LogP contribution is 2.34. The van der Waals surface area contributed by atoms with Gasteiger partial charge in [0.2, 0.25) is 0 Å². The number of thiophene rings is 1. The van der Waals surface area contributed by atoms with Crippen LogP contribution >= 0.6 is 11.3 Å². The summed E-state index contributed by atoms with van der Waals surface area (Å²) in [6, 6.07) is 1.99. The van der Waals surface area contributed by atoms with Crippen molar-refractivity contribution in [3.05, 3.63) is 22.2 Å². The second kappa shape index (κ2) is 6.82. The number of pyridine rings is 1. The Morgan fingerprint density at radius 3 is 2.91 bits per heavy atom. The van der Waals surface area contributed by atoms with Crippen molar-refractivity contribution in [1.29, 1.82) is 0 Å². The van der Waals surface area contributed by atoms with Crippen molar-refractivity contribution in [1.82, 2.24) is 15.2 Å². The third-order valence-electron chi connectivity index (χ3n) is 4.05. The number of hydrogen-bond acceptors (Lipinski definition) is 6. The van der Waals surface area contributed by atoms with Crippen molar-refractivity contribution in [2.75, 3.05) is 45.1 Å². The molecule has 2 aromatic rings. The van der Waals surface area contributed by atoms with Gasteiger partial charge in [-0.15, -0.1) is 11.3 Å². The van der Waals surface area contributed by atoms with Gasteiger partial charge in [0.05, 0.1) is 18.9 Å². The van der Waals surface area contributed by atoms with Gasteiger partial charge in [0.1, 0.15) is 9.71 Å². The molecule has 2 aromatic heterocycles. The van der Waals surface area contributed by atoms with Crippen LogP contribution in [0.4, 0.5) is 5.69 Å². The summed E-state index contributed by atoms with van der Waals surface area (Å²) in [4.78, 5) is 20.6. The van der Waals surface area contributed by atoms with E-state index in [2.05, 4.69) is 15.2 Å². The fourth-order valence-electron chi connectivity index (χ4n) is 2.87. The van der Waals surface area contributed by atoms with Crippen molar-refractivity contribution in [3.63, 3.8) is 0 Å². The van der Waals surface area contributed by atoms with Crippen LogP contribution in [0.5, 0.6) is 0 Å². The minimum Gasteiger partial charge on any atom is -0.397 e. The second-order valence-electron chi connectivity index (χ2n) is 5.82. The Kier molecular flexibility index (Phi) is 4.79. The van der Waals surface area contributed by atoms with E-state index in [1.54, 1.807) is 0 Å². The zero-order valence-corrected chi connectivity index (χ0v) is 14.3. The molecule has 0 aliphatic carbocycles. The number of ether oxygens (including phenoxy) is 1. The van der Waals surface area contributed by atoms with Crippen LogP contribution in [0.2, 0.25) is 0 Å². The Labute approximate surface area is 139 Å². The van der Waals surface area contributed by atoms with E-state index in [1.165, 1.54) is 11.3 Å². The topological polar surface area (TPSA) is 80.5 Å². The first kappa shape index (κ1) is 16.2. The molecule has 1 amide bonds. The maximum Gasteiger partial charge on any atom is 0.263 e. The van der Waals surface area contributed by atoms with Crippen LogP contribution in [-0.4, -0.2) is 55.2 Å². The summed E-state index contributed by atoms with van der Waals surface area (Å²) >= 11 is 1.36. The van der Waals surface area contributed by atoms with Crippen molar-refractivity contribution in [2.24, 2.45) is 0 Å². The van der Waals surface area contributed by atoms with Gasteiger partial charge in [0.15, 0.2) is 0 Å². The number of morpholine rings is 1. The van der Waals surface area contributed by atoms with Crippen molar-refractivity contribution >= 4 is 33.1 Å². The number of nitrogens with zero attached hydrogens (tertiary/aromatic N) is 2. The van der Waals surface area contributed by atoms with Gasteiger partial charge < -0.3 is 15.8 Å². The first-order chi connectivity index (χ1) is 11.1. The van der Waals surface area contributed by atoms with Gasteiger partial charge in [-0.2, -0.15) is 0 Å². The number of carbonyl (C=O) groups is 1. The van der Waals surface area contributed by atoms with E-state index in [1.807, 2.05) is 19.9 Å². The van der Waals surface area contributed by atoms with Crippen LogP contribution in [-0.2, 0) is 4.74 Å². The zero-order chi connectivity index (χ0) is 16.4. The van der Waals surface area contributed by atoms with E-state index in [9.17, 15) is 4.79 Å². The molecule has 6 nitrogen and oxygen atoms in total. The number of aromatic nitrogens is 1. The zero-order valence-electron chi connectivity index (χ0n) is 13.5. The van der Waals surface area contributed by atoms with Gasteiger partial charge in [-0.1, -0.05) is 0 Å². The number of fused-ring (bicyclic) bond motifs is 1. The van der Waals surface area contributed by atoms with Crippen molar-refractivity contribution in [3.8, 4) is 0 Å². The highest BCUT2D eigenvalue weighted by Gasteiger charge is 2.19. The molecule has 1 saturated heterocycles. The number of nitrogen functional groups attached to an aromatic ring is 1. The molecule has 3 N–H and O–H groups in total. The average Bonchev–Trinajstić information content (AvgIpc) is 2.85. The number of aryl methyl sites for hydroxylation is 2. The normalized spacial score (nSPS) is 15.9. The predicted molar refractivity (Wildman–Crippen MR) is 93.1 cm³/mol. The van der Waals surface area contributed by atoms with Gasteiger partial charge in [-0.05, 0) is 25.5 Å². The van der Waals surface area contributed by atoms with E-state index in [-0.39, 0.29) is 5.91 Å². The highest BCUT2D eigenvalue weighted by molar-refractivity contribution is 7.21. The van der Waals surface area contributed by atoms with Crippen LogP contribution in [0.3, 0.4) is 0 Å². The van der Waals surface area contributed by atoms with E-state index in [4.69, 9.17) is 10.5 Å². The van der Waals surface area contributed by atoms with E-state index in [0.29, 0.717) is 17.1 Å². The molecule has 0 spiro atoms. The van der Waals surface area contributed by atoms with Crippen molar-refractivity contribution in [2.45, 2.75) is 13.8 Å². The number of nitrogens with one attached hydrogen (secondary N) is 1. The number of anilines is 1. The highest BCUT2D eigenvalue weighted by atomic mass is 32.1. The standard InChI is InChI=1S/C16H22N4O2S/c1-10-9-11(2)19-16-12(10)13(17)14(23-16)15(21)18-3-4-20-5-7-22-8-6-20/h9H,3-8,17H2,1-2H3,(H,18,21). The van der Waals surface area contributed by atoms with Gasteiger partial charge >= 0.3 is 0 Å². The number of nitrogens with two attached hydrogens (primary N) is 1. The molecule has 124 valence electrons. The second-order valence-corrected chi connectivity index (χ2v) is 6.81. The van der Waals surface area contributed by atoms with Crippen LogP contribution < -0.4 is 11.1 Å². The van der Waals surface area contributed by atoms with E-state index in [0.717, 1.165) is 54.3 Å². The first-order valence-corrected chi connectivity index (χ1v) is 8.62. The summed E-state index contributed by atoms with van der Waals surface area (Å²) in [6.07, 6.45) is 0. The monoisotopic (exact) mass is 334 g/mol. The molecule has 7 heteroatoms. The molecule has 0 saturated carbocycles. The maximum atomic E-state index is 12.4. The fraction of sp³-hybridized carbons (Fsp3) is 0.500. The van der Waals surface area contributed by atoms with Crippen LogP contribution in [0.25, 0.3) is 10.2 Å². The molecular weight excluding hydrogens is 312 g/mol. The lowest BCUT2D eigenvalue weighted by atomic mass is 10.1. The molecule has 1 aliphatic rings. The molecule has 0 atom stereocenters. The fourth-order valence-corrected chi connectivity index (χ4v) is 4.00. The molecular formula is C16H22N4O2S. The summed E-state index contributed by atoms with van der Waals surface area (Å²) in [5, 5.41) is 3.87. The van der Waals surface area contributed by atoms with E-state index < -0.39 is 0 Å². The lowest BCUT2D eigenvalue weighted by molar-refractivity contribution is 0.0383. The molecule has 3 heterocycles. The summed E-state index contributed by atoms with van der Waals surface area (Å²) in [7, 11) is 0. The molecule has 0 bridgehead atoms. The van der Waals surface area contributed by atoms with E-state index >= 15 is 0 Å². The smallest absolute Gasteiger partial charge is 0.263 e. The van der Waals surface area contributed by atoms with Gasteiger partial charge in [0, 0.05) is 37.3 Å². The molecule has 0 radical (unpaired) electrons. The van der Waals surface area contributed by atoms with Gasteiger partial charge in [0.25, 0.3) is 5.91 Å². The summed E-state index contributed by atoms with van der Waals surface area (Å²) < 4.78 is 5.32. The summed E-state index contributed by atoms with van der Waals surface area (Å²) in [5.74, 6) is -0.115. The Morgan fingerprint density at radius 1 is 1.43 bits per heavy atom. The lowest BCUT2D eigenvalue weighted by Gasteiger charge is -2.26. The average molecular weight is 334 g/mol. The quantitative estimate of drug-likeness (QED) is 0.887. The van der Waals surface area contributed by atoms with Crippen LogP contribution in [0, 0.1) is 13.8 Å². The Hall–Kier alpha value is -1.70. The summed E-state index contributed by atoms with van der Waals surface area (Å²) in [6.45, 7) is 8.76. The van der Waals surface area contributed by atoms with Gasteiger partial charge in [-0.3, -0.25) is 9.69 Å². The molecule has 1 fully saturated rings. The Balaban J connectivity index is 1.68. The van der Waals surface area contributed by atoms with Gasteiger partial charge in [-0.25, -0.2) is 4.98 Å². The third-order valence-corrected chi connectivity index (χ3v) is 5.15. The van der Waals surface area contributed by atoms with Crippen LogP contribution in [0.15, 0.2) is 6.07 Å². The molecule has 23 heavy (non-hydrogen) atoms. The van der Waals surface area contributed by atoms with Crippen LogP contribution in [0.1, 0.15) is 20.9 Å². The summed E-state index contributed by atoms with van der Waals surface area (Å²) in [5.41, 5.74) is 8.73.